The number of hydrogen-bond donors (Lipinski definition) is 0. The minimum absolute atomic E-state index is 0.709. The lowest BCUT2D eigenvalue weighted by atomic mass is 9.68. The van der Waals surface area contributed by atoms with E-state index in [2.05, 4.69) is 367 Å². The molecule has 144 heavy (non-hydrogen) atoms. The lowest BCUT2D eigenvalue weighted by Crippen LogP contribution is -2.26. The van der Waals surface area contributed by atoms with Gasteiger partial charge in [0.05, 0.1) is 0 Å². The predicted octanol–water partition coefficient (Wildman–Crippen LogP) is 41.7. The van der Waals surface area contributed by atoms with E-state index in [-0.39, 0.29) is 0 Å². The van der Waals surface area contributed by atoms with E-state index in [1.165, 1.54) is 347 Å². The van der Waals surface area contributed by atoms with E-state index in [1.54, 1.807) is 27.9 Å². The normalized spacial score (nSPS) is 29.9. The highest BCUT2D eigenvalue weighted by Crippen LogP contribution is 2.48. The van der Waals surface area contributed by atoms with Crippen LogP contribution in [0.2, 0.25) is 0 Å². The second-order valence-electron chi connectivity index (χ2n) is 51.7. The topological polar surface area (TPSA) is 0 Å². The summed E-state index contributed by atoms with van der Waals surface area (Å²) in [4.78, 5) is 0. The number of benzene rings is 6. The summed E-state index contributed by atoms with van der Waals surface area (Å²) in [5.74, 6) is 20.0. The summed E-state index contributed by atoms with van der Waals surface area (Å²) in [6.07, 6.45) is 89.8. The molecule has 6 aromatic rings. The van der Waals surface area contributed by atoms with Crippen molar-refractivity contribution in [1.82, 2.24) is 0 Å². The van der Waals surface area contributed by atoms with Crippen molar-refractivity contribution < 1.29 is 0 Å². The van der Waals surface area contributed by atoms with Crippen molar-refractivity contribution in [3.63, 3.8) is 0 Å². The second-order valence-corrected chi connectivity index (χ2v) is 51.7. The van der Waals surface area contributed by atoms with E-state index in [4.69, 9.17) is 0 Å². The second kappa shape index (κ2) is 56.2. The maximum absolute atomic E-state index is 2.56. The van der Waals surface area contributed by atoms with Crippen LogP contribution in [0.3, 0.4) is 0 Å². The number of hydrogen-bond acceptors (Lipinski definition) is 0. The Hall–Kier alpha value is -7.80. The average Bonchev–Trinajstić information content (AvgIpc) is 0.913. The molecule has 18 aliphatic rings. The first-order chi connectivity index (χ1) is 69.0. The van der Waals surface area contributed by atoms with Gasteiger partial charge in [0.15, 0.2) is 0 Å². The summed E-state index contributed by atoms with van der Waals surface area (Å²) in [7, 11) is 0. The van der Waals surface area contributed by atoms with Crippen molar-refractivity contribution in [2.75, 3.05) is 0 Å². The molecule has 6 aromatic carbocycles. The summed E-state index contributed by atoms with van der Waals surface area (Å²) in [5, 5.41) is 0. The van der Waals surface area contributed by atoms with Gasteiger partial charge in [0.25, 0.3) is 0 Å². The fourth-order valence-corrected chi connectivity index (χ4v) is 27.9. The minimum Gasteiger partial charge on any atom is -0.0854 e. The van der Waals surface area contributed by atoms with Crippen LogP contribution in [-0.4, -0.2) is 0 Å². The Morgan fingerprint density at radius 3 is 1.17 bits per heavy atom. The molecule has 0 heterocycles. The van der Waals surface area contributed by atoms with Crippen LogP contribution < -0.4 is 0 Å². The fourth-order valence-electron chi connectivity index (χ4n) is 27.9. The number of fused-ring (bicyclic) bond motifs is 12. The first kappa shape index (κ1) is 113. The largest absolute Gasteiger partial charge is 0.0854 e. The third kappa shape index (κ3) is 36.3. The zero-order valence-electron chi connectivity index (χ0n) is 96.3. The van der Waals surface area contributed by atoms with Gasteiger partial charge in [0.2, 0.25) is 0 Å². The van der Waals surface area contributed by atoms with E-state index in [0.717, 1.165) is 138 Å². The molecule has 6 fully saturated rings. The van der Waals surface area contributed by atoms with Gasteiger partial charge in [-0.25, -0.2) is 0 Å². The number of allylic oxidation sites excluding steroid dienone is 20. The standard InChI is InChI=1S/6C12H20.6C12H14/c12*1-9-3-5-12-8-10(2)4-6-11(12)7-9/h2*7,10-12H,3-6,8H2,1-2H3;7,9-10,12H,3-6,8H2,1-2H3;5,9-11H,3-4,6-8H2,1-2H3;3,10-12H,4-8H2,1-2H3;3,5,9-12H,4,6-8H2,1-2H3;2*3,5,7-8H,4,6H2,1-2H3;2*3-5,7H,6,8H2,1-2H3;2*3-7,10H,8H2,1-2H3. The van der Waals surface area contributed by atoms with Crippen molar-refractivity contribution in [3.8, 4) is 0 Å². The molecule has 18 aliphatic carbocycles. The molecule has 0 radical (unpaired) electrons. The third-order valence-electron chi connectivity index (χ3n) is 36.9. The van der Waals surface area contributed by atoms with Gasteiger partial charge in [-0.3, -0.25) is 0 Å². The third-order valence-corrected chi connectivity index (χ3v) is 36.9. The lowest BCUT2D eigenvalue weighted by Gasteiger charge is -2.37. The van der Waals surface area contributed by atoms with Crippen molar-refractivity contribution >= 4 is 24.3 Å². The molecule has 24 rings (SSSR count). The first-order valence-corrected chi connectivity index (χ1v) is 59.7. The Morgan fingerprint density at radius 2 is 0.646 bits per heavy atom. The quantitative estimate of drug-likeness (QED) is 0.133. The highest BCUT2D eigenvalue weighted by molar-refractivity contribution is 5.62. The van der Waals surface area contributed by atoms with Crippen LogP contribution >= 0.6 is 0 Å². The van der Waals surface area contributed by atoms with Gasteiger partial charge >= 0.3 is 0 Å². The van der Waals surface area contributed by atoms with Gasteiger partial charge in [-0.2, -0.15) is 0 Å². The first-order valence-electron chi connectivity index (χ1n) is 59.7. The highest BCUT2D eigenvalue weighted by atomic mass is 14.4. The molecule has 780 valence electrons. The van der Waals surface area contributed by atoms with Gasteiger partial charge < -0.3 is 0 Å². The molecule has 0 heteroatoms. The Morgan fingerprint density at radius 1 is 0.215 bits per heavy atom. The van der Waals surface area contributed by atoms with Crippen molar-refractivity contribution in [2.24, 2.45) is 124 Å². The van der Waals surface area contributed by atoms with Crippen LogP contribution in [-0.2, 0) is 51.4 Å². The maximum Gasteiger partial charge on any atom is -0.00669 e. The molecule has 0 N–H and O–H groups in total. The summed E-state index contributed by atoms with van der Waals surface area (Å²) in [6.45, 7) is 54.8. The Bertz CT molecular complexity index is 5230. The van der Waals surface area contributed by atoms with E-state index in [0.29, 0.717) is 11.8 Å². The summed E-state index contributed by atoms with van der Waals surface area (Å²) < 4.78 is 0. The molecule has 0 aromatic heterocycles. The molecule has 0 aliphatic heterocycles. The van der Waals surface area contributed by atoms with Crippen molar-refractivity contribution in [1.29, 1.82) is 0 Å². The zero-order chi connectivity index (χ0) is 103. The van der Waals surface area contributed by atoms with Crippen molar-refractivity contribution in [2.45, 2.75) is 417 Å². The maximum atomic E-state index is 2.56. The molecule has 0 bridgehead atoms. The van der Waals surface area contributed by atoms with Crippen LogP contribution in [0.4, 0.5) is 0 Å². The predicted molar refractivity (Wildman–Crippen MR) is 635 cm³/mol. The summed E-state index contributed by atoms with van der Waals surface area (Å²) in [6, 6.07) is 40.4. The molecule has 21 unspecified atom stereocenters. The molecule has 0 nitrogen and oxygen atoms in total. The van der Waals surface area contributed by atoms with E-state index in [9.17, 15) is 0 Å². The Balaban J connectivity index is 0.000000132. The Labute approximate surface area is 885 Å². The SMILES string of the molecule is CC1=CC2CCC(C)CC2CC1.CC1=CC2CCC(C)CC2CC1.CC1=CCC2CC(C)CCC2C1.CC1=CCc2cc(C)ccc2C1.CC1=CCc2cc(C)ccc2C1.CC1=Cc2ccc(C)cc2CC1.CC1=Cc2ccc(C)cc2CC1.CC1C=C2CCC(C)CC2CC1.CC1C=CC2CC(C)CCC2C1.CC1CCC2CC(C)CC=C2C1.Cc1ccc2c(c1)C=CC(C)C2.Cc1ccc2c(c1)C=CC(C)C2. The molecule has 0 spiro atoms. The van der Waals surface area contributed by atoms with E-state index < -0.39 is 0 Å². The molecule has 0 saturated heterocycles. The lowest BCUT2D eigenvalue weighted by molar-refractivity contribution is 0.180. The average molecular weight is 1940 g/mol. The van der Waals surface area contributed by atoms with Gasteiger partial charge in [0.1, 0.15) is 0 Å². The van der Waals surface area contributed by atoms with E-state index in [1.807, 2.05) is 0 Å². The zero-order valence-corrected chi connectivity index (χ0v) is 96.3. The monoisotopic (exact) mass is 1930 g/mol. The molecule has 21 atom stereocenters. The fraction of sp³-hybridized carbons (Fsp3) is 0.583. The molecule has 0 amide bonds. The smallest absolute Gasteiger partial charge is 0.00669 e. The number of rotatable bonds is 0. The molecular weight excluding hydrogens is 1730 g/mol. The van der Waals surface area contributed by atoms with Crippen LogP contribution in [0.25, 0.3) is 24.3 Å². The molecular formula is C144H204. The van der Waals surface area contributed by atoms with Gasteiger partial charge in [-0.05, 0) is 506 Å². The summed E-state index contributed by atoms with van der Waals surface area (Å²) >= 11 is 0. The van der Waals surface area contributed by atoms with Crippen LogP contribution in [0.15, 0.2) is 226 Å². The number of aryl methyl sites for hydroxylation is 8. The highest BCUT2D eigenvalue weighted by Gasteiger charge is 2.35. The van der Waals surface area contributed by atoms with Crippen LogP contribution in [0, 0.1) is 166 Å². The van der Waals surface area contributed by atoms with Gasteiger partial charge in [-0.15, -0.1) is 0 Å². The van der Waals surface area contributed by atoms with Gasteiger partial charge in [-0.1, -0.05) is 386 Å². The van der Waals surface area contributed by atoms with Crippen molar-refractivity contribution in [3.05, 3.63) is 326 Å². The van der Waals surface area contributed by atoms with Crippen LogP contribution in [0.5, 0.6) is 0 Å². The van der Waals surface area contributed by atoms with E-state index >= 15 is 0 Å². The van der Waals surface area contributed by atoms with Gasteiger partial charge in [0, 0.05) is 0 Å². The molecule has 6 saturated carbocycles. The minimum atomic E-state index is 0.709. The Kier molecular flexibility index (Phi) is 44.2. The van der Waals surface area contributed by atoms with Crippen LogP contribution in [0.1, 0.15) is 424 Å². The summed E-state index contributed by atoms with van der Waals surface area (Å²) in [5.41, 5.74) is 40.5.